The van der Waals surface area contributed by atoms with Crippen LogP contribution in [0.25, 0.3) is 0 Å². The first kappa shape index (κ1) is 19.7. The molecule has 150 valence electrons. The van der Waals surface area contributed by atoms with Crippen molar-refractivity contribution >= 4 is 17.7 Å². The number of nitrogens with zero attached hydrogens (tertiary/aromatic N) is 3. The summed E-state index contributed by atoms with van der Waals surface area (Å²) >= 11 is 0. The summed E-state index contributed by atoms with van der Waals surface area (Å²) in [7, 11) is 0. The summed E-state index contributed by atoms with van der Waals surface area (Å²) < 4.78 is 19.0. The van der Waals surface area contributed by atoms with E-state index >= 15 is 0 Å². The van der Waals surface area contributed by atoms with Crippen LogP contribution in [0.4, 0.5) is 10.2 Å². The van der Waals surface area contributed by atoms with Crippen molar-refractivity contribution in [2.24, 2.45) is 4.99 Å². The molecule has 3 heterocycles. The Morgan fingerprint density at radius 3 is 3.04 bits per heavy atom. The largest absolute Gasteiger partial charge is 0.459 e. The van der Waals surface area contributed by atoms with Crippen molar-refractivity contribution in [3.05, 3.63) is 48.3 Å². The van der Waals surface area contributed by atoms with Crippen LogP contribution in [-0.2, 0) is 0 Å². The lowest BCUT2D eigenvalue weighted by Gasteiger charge is -2.20. The third-order valence-electron chi connectivity index (χ3n) is 4.32. The highest BCUT2D eigenvalue weighted by atomic mass is 19.1. The first-order valence-electron chi connectivity index (χ1n) is 9.39. The average Bonchev–Trinajstić information content (AvgIpc) is 3.38. The number of carbonyl (C=O) groups excluding carboxylic acids is 1. The van der Waals surface area contributed by atoms with Gasteiger partial charge < -0.3 is 25.3 Å². The third-order valence-corrected chi connectivity index (χ3v) is 4.32. The quantitative estimate of drug-likeness (QED) is 0.377. The Labute approximate surface area is 163 Å². The molecule has 1 aliphatic rings. The fourth-order valence-corrected chi connectivity index (χ4v) is 3.03. The maximum absolute atomic E-state index is 13.9. The summed E-state index contributed by atoms with van der Waals surface area (Å²) in [5.41, 5.74) is 0. The van der Waals surface area contributed by atoms with Crippen LogP contribution in [0.15, 0.2) is 46.1 Å². The van der Waals surface area contributed by atoms with Gasteiger partial charge in [0, 0.05) is 38.4 Å². The molecule has 3 rings (SSSR count). The average molecular weight is 388 g/mol. The lowest BCUT2D eigenvalue weighted by molar-refractivity contribution is 0.0927. The number of halogens is 1. The first-order valence-corrected chi connectivity index (χ1v) is 9.39. The van der Waals surface area contributed by atoms with Crippen LogP contribution in [0.3, 0.4) is 0 Å². The highest BCUT2D eigenvalue weighted by molar-refractivity contribution is 5.91. The number of hydrogen-bond acceptors (Lipinski definition) is 5. The van der Waals surface area contributed by atoms with E-state index in [4.69, 9.17) is 4.42 Å². The zero-order chi connectivity index (χ0) is 19.8. The minimum Gasteiger partial charge on any atom is -0.459 e. The highest BCUT2D eigenvalue weighted by Crippen LogP contribution is 2.20. The van der Waals surface area contributed by atoms with Crippen LogP contribution >= 0.6 is 0 Å². The van der Waals surface area contributed by atoms with Gasteiger partial charge in [0.05, 0.1) is 12.8 Å². The maximum Gasteiger partial charge on any atom is 0.287 e. The summed E-state index contributed by atoms with van der Waals surface area (Å²) in [6, 6.07) is 6.43. The number of furan rings is 1. The number of nitrogens with one attached hydrogen (secondary N) is 3. The molecule has 0 bridgehead atoms. The number of amides is 1. The molecular weight excluding hydrogens is 363 g/mol. The van der Waals surface area contributed by atoms with Gasteiger partial charge in [0.15, 0.2) is 23.4 Å². The molecule has 3 N–H and O–H groups in total. The van der Waals surface area contributed by atoms with E-state index in [1.807, 2.05) is 11.8 Å². The van der Waals surface area contributed by atoms with Crippen molar-refractivity contribution in [1.29, 1.82) is 0 Å². The second-order valence-electron chi connectivity index (χ2n) is 6.38. The lowest BCUT2D eigenvalue weighted by atomic mass is 10.3. The molecule has 2 aromatic rings. The van der Waals surface area contributed by atoms with E-state index in [2.05, 4.69) is 25.9 Å². The summed E-state index contributed by atoms with van der Waals surface area (Å²) in [6.07, 6.45) is 3.92. The zero-order valence-corrected chi connectivity index (χ0v) is 15.8. The van der Waals surface area contributed by atoms with Crippen molar-refractivity contribution in [2.45, 2.75) is 19.4 Å². The minimum absolute atomic E-state index is 0.136. The summed E-state index contributed by atoms with van der Waals surface area (Å²) in [5, 5.41) is 9.32. The number of rotatable bonds is 7. The number of guanidine groups is 1. The molecular formula is C19H25FN6O2. The summed E-state index contributed by atoms with van der Waals surface area (Å²) in [6.45, 7) is 4.90. The Morgan fingerprint density at radius 2 is 2.29 bits per heavy atom. The molecule has 0 saturated carbocycles. The molecule has 1 fully saturated rings. The molecule has 2 aromatic heterocycles. The Kier molecular flexibility index (Phi) is 6.83. The van der Waals surface area contributed by atoms with Gasteiger partial charge in [0.1, 0.15) is 0 Å². The Morgan fingerprint density at radius 1 is 1.39 bits per heavy atom. The van der Waals surface area contributed by atoms with Gasteiger partial charge in [-0.15, -0.1) is 0 Å². The van der Waals surface area contributed by atoms with Gasteiger partial charge in [-0.05, 0) is 37.6 Å². The van der Waals surface area contributed by atoms with E-state index in [0.717, 1.165) is 19.5 Å². The molecule has 0 aromatic carbocycles. The van der Waals surface area contributed by atoms with E-state index in [1.165, 1.54) is 12.3 Å². The predicted octanol–water partition coefficient (Wildman–Crippen LogP) is 1.38. The minimum atomic E-state index is -0.309. The van der Waals surface area contributed by atoms with Crippen LogP contribution in [0.5, 0.6) is 0 Å². The van der Waals surface area contributed by atoms with Crippen LogP contribution in [0.1, 0.15) is 23.9 Å². The Bertz CT molecular complexity index is 795. The smallest absolute Gasteiger partial charge is 0.287 e. The molecule has 0 spiro atoms. The van der Waals surface area contributed by atoms with E-state index in [-0.39, 0.29) is 23.5 Å². The van der Waals surface area contributed by atoms with Gasteiger partial charge >= 0.3 is 0 Å². The SMILES string of the molecule is CCNC(=NCCNC(=O)c1ccco1)NC1CCN(c2ncccc2F)C1. The molecule has 28 heavy (non-hydrogen) atoms. The molecule has 0 radical (unpaired) electrons. The zero-order valence-electron chi connectivity index (χ0n) is 15.8. The van der Waals surface area contributed by atoms with Crippen molar-refractivity contribution < 1.29 is 13.6 Å². The first-order chi connectivity index (χ1) is 13.7. The predicted molar refractivity (Wildman–Crippen MR) is 105 cm³/mol. The highest BCUT2D eigenvalue weighted by Gasteiger charge is 2.25. The van der Waals surface area contributed by atoms with Crippen molar-refractivity contribution in [3.8, 4) is 0 Å². The topological polar surface area (TPSA) is 94.8 Å². The molecule has 1 saturated heterocycles. The number of carbonyl (C=O) groups is 1. The number of aliphatic imine (C=N–C) groups is 1. The van der Waals surface area contributed by atoms with Crippen LogP contribution in [0, 0.1) is 5.82 Å². The van der Waals surface area contributed by atoms with Crippen molar-refractivity contribution in [1.82, 2.24) is 20.9 Å². The monoisotopic (exact) mass is 388 g/mol. The van der Waals surface area contributed by atoms with Gasteiger partial charge in [0.25, 0.3) is 5.91 Å². The van der Waals surface area contributed by atoms with Gasteiger partial charge in [-0.2, -0.15) is 0 Å². The standard InChI is InChI=1S/C19H25FN6O2/c1-2-21-19(24-10-9-23-18(27)16-6-4-12-28-16)25-14-7-11-26(13-14)17-15(20)5-3-8-22-17/h3-6,8,12,14H,2,7,9-11,13H2,1H3,(H,23,27)(H2,21,24,25). The number of anilines is 1. The van der Waals surface area contributed by atoms with E-state index in [9.17, 15) is 9.18 Å². The normalized spacial score (nSPS) is 16.9. The van der Waals surface area contributed by atoms with Crippen molar-refractivity contribution in [3.63, 3.8) is 0 Å². The number of hydrogen-bond donors (Lipinski definition) is 3. The van der Waals surface area contributed by atoms with Crippen LogP contribution < -0.4 is 20.9 Å². The lowest BCUT2D eigenvalue weighted by Crippen LogP contribution is -2.45. The fraction of sp³-hybridized carbons (Fsp3) is 0.421. The molecule has 0 aliphatic carbocycles. The van der Waals surface area contributed by atoms with Gasteiger partial charge in [-0.25, -0.2) is 9.37 Å². The molecule has 9 heteroatoms. The summed E-state index contributed by atoms with van der Waals surface area (Å²) in [5.74, 6) is 0.761. The molecule has 1 aliphatic heterocycles. The van der Waals surface area contributed by atoms with Gasteiger partial charge in [-0.3, -0.25) is 9.79 Å². The second kappa shape index (κ2) is 9.72. The van der Waals surface area contributed by atoms with Gasteiger partial charge in [0.2, 0.25) is 0 Å². The Balaban J connectivity index is 1.48. The fourth-order valence-electron chi connectivity index (χ4n) is 3.03. The van der Waals surface area contributed by atoms with Gasteiger partial charge in [-0.1, -0.05) is 0 Å². The maximum atomic E-state index is 13.9. The number of aromatic nitrogens is 1. The number of pyridine rings is 1. The van der Waals surface area contributed by atoms with E-state index < -0.39 is 0 Å². The van der Waals surface area contributed by atoms with Crippen LogP contribution in [0.2, 0.25) is 0 Å². The molecule has 1 unspecified atom stereocenters. The molecule has 1 amide bonds. The Hall–Kier alpha value is -3.10. The van der Waals surface area contributed by atoms with Crippen molar-refractivity contribution in [2.75, 3.05) is 37.6 Å². The molecule has 1 atom stereocenters. The van der Waals surface area contributed by atoms with E-state index in [1.54, 1.807) is 24.4 Å². The molecule has 8 nitrogen and oxygen atoms in total. The second-order valence-corrected chi connectivity index (χ2v) is 6.38. The third kappa shape index (κ3) is 5.21. The summed E-state index contributed by atoms with van der Waals surface area (Å²) in [4.78, 5) is 22.4. The van der Waals surface area contributed by atoms with Crippen LogP contribution in [-0.4, -0.2) is 55.6 Å². The van der Waals surface area contributed by atoms with E-state index in [0.29, 0.717) is 31.4 Å².